The number of phosphoric ester groups is 1. The number of aliphatic hydroxyl groups excluding tert-OH is 1. The summed E-state index contributed by atoms with van der Waals surface area (Å²) in [5, 5.41) is 9.78. The molecular weight excluding hydrogens is 790 g/mol. The van der Waals surface area contributed by atoms with E-state index in [4.69, 9.17) is 18.5 Å². The van der Waals surface area contributed by atoms with Gasteiger partial charge >= 0.3 is 19.8 Å². The summed E-state index contributed by atoms with van der Waals surface area (Å²) < 4.78 is 34.3. The van der Waals surface area contributed by atoms with Crippen molar-refractivity contribution in [1.29, 1.82) is 0 Å². The smallest absolute Gasteiger partial charge is 0.462 e. The minimum Gasteiger partial charge on any atom is -0.462 e. The number of ether oxygens (including phenoxy) is 2. The van der Waals surface area contributed by atoms with Crippen molar-refractivity contribution in [2.75, 3.05) is 47.5 Å². The molecule has 3 atom stereocenters. The van der Waals surface area contributed by atoms with Gasteiger partial charge in [-0.1, -0.05) is 190 Å². The summed E-state index contributed by atoms with van der Waals surface area (Å²) >= 11 is 0. The van der Waals surface area contributed by atoms with Crippen molar-refractivity contribution in [2.24, 2.45) is 0 Å². The van der Waals surface area contributed by atoms with E-state index in [0.29, 0.717) is 36.7 Å². The Bertz CT molecular complexity index is 1240. The molecule has 10 nitrogen and oxygen atoms in total. The fourth-order valence-electron chi connectivity index (χ4n) is 6.36. The lowest BCUT2D eigenvalue weighted by Crippen LogP contribution is -2.37. The molecule has 0 amide bonds. The molecule has 0 saturated heterocycles. The Hall–Kier alpha value is -2.33. The number of hydrogen-bond acceptors (Lipinski definition) is 8. The molecule has 0 aromatic heterocycles. The minimum atomic E-state index is -4.40. The number of hydrogen-bond donors (Lipinski definition) is 2. The number of phosphoric acid groups is 1. The Kier molecular flexibility index (Phi) is 40.1. The lowest BCUT2D eigenvalue weighted by molar-refractivity contribution is -0.870. The number of esters is 2. The quantitative estimate of drug-likeness (QED) is 0.0154. The zero-order valence-electron chi connectivity index (χ0n) is 39.5. The van der Waals surface area contributed by atoms with Crippen LogP contribution in [0.4, 0.5) is 0 Å². The third-order valence-corrected chi connectivity index (χ3v) is 11.1. The van der Waals surface area contributed by atoms with Crippen LogP contribution in [0.3, 0.4) is 0 Å². The van der Waals surface area contributed by atoms with Crippen LogP contribution in [0.15, 0.2) is 60.8 Å². The molecule has 0 aliphatic carbocycles. The van der Waals surface area contributed by atoms with E-state index in [9.17, 15) is 24.2 Å². The molecule has 0 fully saturated rings. The fourth-order valence-corrected chi connectivity index (χ4v) is 7.11. The van der Waals surface area contributed by atoms with E-state index in [1.165, 1.54) is 96.3 Å². The Morgan fingerprint density at radius 1 is 0.607 bits per heavy atom. The zero-order valence-corrected chi connectivity index (χ0v) is 40.4. The second kappa shape index (κ2) is 41.7. The van der Waals surface area contributed by atoms with Crippen molar-refractivity contribution in [3.63, 3.8) is 0 Å². The van der Waals surface area contributed by atoms with Gasteiger partial charge in [0, 0.05) is 12.8 Å². The Morgan fingerprint density at radius 3 is 1.67 bits per heavy atom. The first kappa shape index (κ1) is 58.7. The first-order valence-electron chi connectivity index (χ1n) is 24.1. The normalized spacial score (nSPS) is 14.5. The van der Waals surface area contributed by atoms with Crippen molar-refractivity contribution < 1.29 is 47.2 Å². The summed E-state index contributed by atoms with van der Waals surface area (Å²) in [5.74, 6) is -0.888. The fraction of sp³-hybridized carbons (Fsp3) is 0.760. The lowest BCUT2D eigenvalue weighted by atomic mass is 10.0. The predicted molar refractivity (Wildman–Crippen MR) is 253 cm³/mol. The summed E-state index contributed by atoms with van der Waals surface area (Å²) in [7, 11) is 1.42. The van der Waals surface area contributed by atoms with E-state index in [2.05, 4.69) is 31.2 Å². The third kappa shape index (κ3) is 45.5. The first-order chi connectivity index (χ1) is 29.4. The summed E-state index contributed by atoms with van der Waals surface area (Å²) in [5.41, 5.74) is 0. The second-order valence-corrected chi connectivity index (χ2v) is 18.8. The van der Waals surface area contributed by atoms with Gasteiger partial charge in [0.25, 0.3) is 0 Å². The standard InChI is InChI=1S/C50H90NO9P/c1-6-8-10-11-12-13-14-15-16-17-18-19-20-21-26-29-32-35-38-42-50(54)60-48(46-59-61(55,56)58-44-43-51(3,4)5)45-57-49(53)41-37-34-31-28-25-23-22-24-27-30-33-36-40-47(52)39-9-7-2/h9,22-23,27-28,30-31,33,36,39,47-48,52H,6-8,10-21,24-26,29,32,34-35,37-38,40-46H2,1-5H3/p+1/b23-22-,30-27-,31-28-,36-33+,39-9-/t47?,48-/m1/s1. The van der Waals surface area contributed by atoms with Crippen LogP contribution >= 0.6 is 7.82 Å². The van der Waals surface area contributed by atoms with Crippen LogP contribution in [0.5, 0.6) is 0 Å². The SMILES string of the molecule is CC/C=C\C(O)C/C=C/C=C\C/C=C\C/C=C\CCCC(=O)OC[C@H](COP(=O)(O)OCC[N+](C)(C)C)OC(=O)CCCCCCCCCCCCCCCCCCCCC. The molecule has 11 heteroatoms. The number of nitrogens with zero attached hydrogens (tertiary/aromatic N) is 1. The summed E-state index contributed by atoms with van der Waals surface area (Å²) in [6.07, 6.45) is 47.6. The molecular formula is C50H91NO9P+. The highest BCUT2D eigenvalue weighted by molar-refractivity contribution is 7.47. The van der Waals surface area contributed by atoms with E-state index < -0.39 is 38.6 Å². The van der Waals surface area contributed by atoms with E-state index in [1.54, 1.807) is 0 Å². The van der Waals surface area contributed by atoms with Crippen LogP contribution in [-0.2, 0) is 32.7 Å². The largest absolute Gasteiger partial charge is 0.472 e. The van der Waals surface area contributed by atoms with Crippen molar-refractivity contribution in [2.45, 2.75) is 199 Å². The molecule has 2 unspecified atom stereocenters. The Balaban J connectivity index is 4.40. The Labute approximate surface area is 373 Å². The second-order valence-electron chi connectivity index (χ2n) is 17.3. The van der Waals surface area contributed by atoms with Crippen LogP contribution in [0.1, 0.15) is 187 Å². The van der Waals surface area contributed by atoms with Crippen molar-refractivity contribution in [3.8, 4) is 0 Å². The topological polar surface area (TPSA) is 129 Å². The van der Waals surface area contributed by atoms with Gasteiger partial charge in [0.15, 0.2) is 6.10 Å². The maximum Gasteiger partial charge on any atom is 0.472 e. The maximum atomic E-state index is 12.7. The molecule has 354 valence electrons. The zero-order chi connectivity index (χ0) is 45.1. The van der Waals surface area contributed by atoms with Gasteiger partial charge in [-0.2, -0.15) is 0 Å². The molecule has 0 aliphatic heterocycles. The number of unbranched alkanes of at least 4 members (excludes halogenated alkanes) is 19. The van der Waals surface area contributed by atoms with Gasteiger partial charge in [0.2, 0.25) is 0 Å². The van der Waals surface area contributed by atoms with E-state index in [-0.39, 0.29) is 26.1 Å². The van der Waals surface area contributed by atoms with Gasteiger partial charge in [-0.15, -0.1) is 0 Å². The van der Waals surface area contributed by atoms with Gasteiger partial charge in [-0.05, 0) is 44.9 Å². The number of quaternary nitrogens is 1. The van der Waals surface area contributed by atoms with Crippen molar-refractivity contribution >= 4 is 19.8 Å². The molecule has 0 spiro atoms. The van der Waals surface area contributed by atoms with Crippen LogP contribution < -0.4 is 0 Å². The number of aliphatic hydroxyl groups is 1. The van der Waals surface area contributed by atoms with Gasteiger partial charge < -0.3 is 24.0 Å². The predicted octanol–water partition coefficient (Wildman–Crippen LogP) is 13.0. The molecule has 0 radical (unpaired) electrons. The first-order valence-corrected chi connectivity index (χ1v) is 25.6. The summed E-state index contributed by atoms with van der Waals surface area (Å²) in [4.78, 5) is 35.4. The number of allylic oxidation sites excluding steroid dienone is 8. The number of rotatable bonds is 43. The van der Waals surface area contributed by atoms with E-state index in [0.717, 1.165) is 38.5 Å². The average Bonchev–Trinajstić information content (AvgIpc) is 3.21. The molecule has 0 aromatic carbocycles. The molecule has 0 rings (SSSR count). The van der Waals surface area contributed by atoms with Crippen molar-refractivity contribution in [3.05, 3.63) is 60.8 Å². The molecule has 0 aromatic rings. The molecule has 0 aliphatic rings. The van der Waals surface area contributed by atoms with Crippen LogP contribution in [0.2, 0.25) is 0 Å². The van der Waals surface area contributed by atoms with Crippen LogP contribution in [-0.4, -0.2) is 86.1 Å². The third-order valence-electron chi connectivity index (χ3n) is 10.1. The van der Waals surface area contributed by atoms with Crippen molar-refractivity contribution in [1.82, 2.24) is 0 Å². The Morgan fingerprint density at radius 2 is 1.11 bits per heavy atom. The molecule has 61 heavy (non-hydrogen) atoms. The van der Waals surface area contributed by atoms with Gasteiger partial charge in [0.1, 0.15) is 19.8 Å². The molecule has 0 heterocycles. The highest BCUT2D eigenvalue weighted by Gasteiger charge is 2.27. The number of likely N-dealkylation sites (N-methyl/N-ethyl adjacent to an activating group) is 1. The van der Waals surface area contributed by atoms with Crippen LogP contribution in [0, 0.1) is 0 Å². The lowest BCUT2D eigenvalue weighted by Gasteiger charge is -2.24. The van der Waals surface area contributed by atoms with Crippen LogP contribution in [0.25, 0.3) is 0 Å². The highest BCUT2D eigenvalue weighted by atomic mass is 31.2. The minimum absolute atomic E-state index is 0.0147. The van der Waals surface area contributed by atoms with Gasteiger partial charge in [-0.3, -0.25) is 18.6 Å². The summed E-state index contributed by atoms with van der Waals surface area (Å²) in [6.45, 7) is 4.12. The molecule has 2 N–H and O–H groups in total. The highest BCUT2D eigenvalue weighted by Crippen LogP contribution is 2.43. The van der Waals surface area contributed by atoms with Gasteiger partial charge in [0.05, 0.1) is 33.9 Å². The monoisotopic (exact) mass is 881 g/mol. The molecule has 0 saturated carbocycles. The molecule has 0 bridgehead atoms. The average molecular weight is 881 g/mol. The van der Waals surface area contributed by atoms with E-state index in [1.807, 2.05) is 64.5 Å². The summed E-state index contributed by atoms with van der Waals surface area (Å²) in [6, 6.07) is 0. The number of carbonyl (C=O) groups excluding carboxylic acids is 2. The number of carbonyl (C=O) groups is 2. The van der Waals surface area contributed by atoms with E-state index >= 15 is 0 Å². The maximum absolute atomic E-state index is 12.7. The van der Waals surface area contributed by atoms with Gasteiger partial charge in [-0.25, -0.2) is 4.57 Å².